The number of ether oxygens (including phenoxy) is 1. The summed E-state index contributed by atoms with van der Waals surface area (Å²) in [7, 11) is 1.58. The second-order valence-electron chi connectivity index (χ2n) is 3.07. The average molecular weight is 304 g/mol. The number of hydrogen-bond donors (Lipinski definition) is 0. The third-order valence-electron chi connectivity index (χ3n) is 2.04. The molecule has 84 valence electrons. The number of hydrogen-bond acceptors (Lipinski definition) is 4. The SMILES string of the molecule is COc1ccc(Cn2nnnc2Br)cc1Cl. The van der Waals surface area contributed by atoms with Gasteiger partial charge in [-0.1, -0.05) is 17.7 Å². The molecule has 2 aromatic rings. The molecule has 1 aromatic carbocycles. The van der Waals surface area contributed by atoms with Crippen molar-refractivity contribution < 1.29 is 4.74 Å². The van der Waals surface area contributed by atoms with Crippen LogP contribution in [0.4, 0.5) is 0 Å². The first-order valence-corrected chi connectivity index (χ1v) is 5.62. The molecule has 0 aliphatic rings. The van der Waals surface area contributed by atoms with Crippen molar-refractivity contribution in [3.8, 4) is 5.75 Å². The van der Waals surface area contributed by atoms with E-state index in [1.807, 2.05) is 18.2 Å². The van der Waals surface area contributed by atoms with Gasteiger partial charge in [0.05, 0.1) is 18.7 Å². The van der Waals surface area contributed by atoms with Crippen LogP contribution in [-0.4, -0.2) is 27.3 Å². The van der Waals surface area contributed by atoms with E-state index in [1.54, 1.807) is 11.8 Å². The Morgan fingerprint density at radius 1 is 1.50 bits per heavy atom. The third-order valence-corrected chi connectivity index (χ3v) is 2.90. The van der Waals surface area contributed by atoms with Crippen LogP contribution >= 0.6 is 27.5 Å². The minimum atomic E-state index is 0.553. The van der Waals surface area contributed by atoms with Crippen LogP contribution < -0.4 is 4.74 Å². The van der Waals surface area contributed by atoms with Crippen LogP contribution in [0.25, 0.3) is 0 Å². The number of benzene rings is 1. The van der Waals surface area contributed by atoms with Gasteiger partial charge in [0.2, 0.25) is 4.73 Å². The minimum absolute atomic E-state index is 0.553. The number of tetrazole rings is 1. The molecule has 1 aromatic heterocycles. The van der Waals surface area contributed by atoms with E-state index in [2.05, 4.69) is 31.5 Å². The number of nitrogens with zero attached hydrogens (tertiary/aromatic N) is 4. The van der Waals surface area contributed by atoms with Crippen molar-refractivity contribution in [3.63, 3.8) is 0 Å². The largest absolute Gasteiger partial charge is 0.495 e. The Morgan fingerprint density at radius 3 is 2.88 bits per heavy atom. The molecule has 0 bridgehead atoms. The maximum absolute atomic E-state index is 6.01. The lowest BCUT2D eigenvalue weighted by Crippen LogP contribution is -2.02. The van der Waals surface area contributed by atoms with E-state index >= 15 is 0 Å². The zero-order valence-electron chi connectivity index (χ0n) is 8.39. The molecule has 0 saturated heterocycles. The van der Waals surface area contributed by atoms with Gasteiger partial charge < -0.3 is 4.74 Å². The van der Waals surface area contributed by atoms with Crippen molar-refractivity contribution in [1.29, 1.82) is 0 Å². The van der Waals surface area contributed by atoms with Gasteiger partial charge in [0.1, 0.15) is 5.75 Å². The number of methoxy groups -OCH3 is 1. The molecule has 0 fully saturated rings. The van der Waals surface area contributed by atoms with E-state index in [1.165, 1.54) is 0 Å². The second-order valence-corrected chi connectivity index (χ2v) is 4.19. The molecule has 0 amide bonds. The van der Waals surface area contributed by atoms with Gasteiger partial charge in [-0.15, -0.1) is 5.10 Å². The number of halogens is 2. The Hall–Kier alpha value is -1.14. The van der Waals surface area contributed by atoms with Crippen LogP contribution in [0.1, 0.15) is 5.56 Å². The van der Waals surface area contributed by atoms with E-state index in [0.29, 0.717) is 22.1 Å². The van der Waals surface area contributed by atoms with Gasteiger partial charge in [-0.3, -0.25) is 0 Å². The van der Waals surface area contributed by atoms with Gasteiger partial charge in [0.25, 0.3) is 0 Å². The van der Waals surface area contributed by atoms with Crippen molar-refractivity contribution in [2.75, 3.05) is 7.11 Å². The van der Waals surface area contributed by atoms with Gasteiger partial charge in [-0.05, 0) is 44.1 Å². The molecule has 0 spiro atoms. The smallest absolute Gasteiger partial charge is 0.218 e. The number of aromatic nitrogens is 4. The lowest BCUT2D eigenvalue weighted by Gasteiger charge is -2.05. The van der Waals surface area contributed by atoms with Gasteiger partial charge in [0, 0.05) is 0 Å². The van der Waals surface area contributed by atoms with E-state index < -0.39 is 0 Å². The fourth-order valence-corrected chi connectivity index (χ4v) is 1.82. The molecule has 0 N–H and O–H groups in total. The van der Waals surface area contributed by atoms with Crippen molar-refractivity contribution >= 4 is 27.5 Å². The van der Waals surface area contributed by atoms with Crippen LogP contribution in [-0.2, 0) is 6.54 Å². The lowest BCUT2D eigenvalue weighted by atomic mass is 10.2. The first kappa shape index (κ1) is 11.3. The molecule has 5 nitrogen and oxygen atoms in total. The van der Waals surface area contributed by atoms with Crippen LogP contribution in [0, 0.1) is 0 Å². The van der Waals surface area contributed by atoms with Crippen LogP contribution in [0.15, 0.2) is 22.9 Å². The monoisotopic (exact) mass is 302 g/mol. The molecular weight excluding hydrogens is 295 g/mol. The predicted molar refractivity (Wildman–Crippen MR) is 62.6 cm³/mol. The van der Waals surface area contributed by atoms with Crippen molar-refractivity contribution in [2.45, 2.75) is 6.54 Å². The molecule has 0 aliphatic carbocycles. The zero-order chi connectivity index (χ0) is 11.5. The fourth-order valence-electron chi connectivity index (χ4n) is 1.27. The van der Waals surface area contributed by atoms with Crippen molar-refractivity contribution in [3.05, 3.63) is 33.5 Å². The summed E-state index contributed by atoms with van der Waals surface area (Å²) in [4.78, 5) is 0. The highest BCUT2D eigenvalue weighted by molar-refractivity contribution is 9.10. The molecule has 7 heteroatoms. The maximum atomic E-state index is 6.01. The maximum Gasteiger partial charge on any atom is 0.218 e. The molecule has 0 radical (unpaired) electrons. The van der Waals surface area contributed by atoms with Crippen molar-refractivity contribution in [1.82, 2.24) is 20.2 Å². The molecular formula is C9H8BrClN4O. The summed E-state index contributed by atoms with van der Waals surface area (Å²) < 4.78 is 7.28. The lowest BCUT2D eigenvalue weighted by molar-refractivity contribution is 0.415. The summed E-state index contributed by atoms with van der Waals surface area (Å²) >= 11 is 9.25. The number of rotatable bonds is 3. The third kappa shape index (κ3) is 2.33. The Bertz CT molecular complexity index is 502. The molecule has 0 atom stereocenters. The van der Waals surface area contributed by atoms with E-state index in [9.17, 15) is 0 Å². The van der Waals surface area contributed by atoms with E-state index in [-0.39, 0.29) is 0 Å². The standard InChI is InChI=1S/C9H8BrClN4O/c1-16-8-3-2-6(4-7(8)11)5-15-9(10)12-13-14-15/h2-4H,5H2,1H3. The molecule has 0 unspecified atom stereocenters. The summed E-state index contributed by atoms with van der Waals surface area (Å²) in [5, 5.41) is 11.7. The molecule has 1 heterocycles. The van der Waals surface area contributed by atoms with Gasteiger partial charge >= 0.3 is 0 Å². The summed E-state index contributed by atoms with van der Waals surface area (Å²) in [6.07, 6.45) is 0. The highest BCUT2D eigenvalue weighted by Gasteiger charge is 2.05. The fraction of sp³-hybridized carbons (Fsp3) is 0.222. The predicted octanol–water partition coefficient (Wildman–Crippen LogP) is 2.15. The first-order valence-electron chi connectivity index (χ1n) is 4.45. The Balaban J connectivity index is 2.23. The Labute approximate surface area is 105 Å². The van der Waals surface area contributed by atoms with E-state index in [0.717, 1.165) is 5.56 Å². The van der Waals surface area contributed by atoms with Gasteiger partial charge in [-0.2, -0.15) is 0 Å². The van der Waals surface area contributed by atoms with Crippen LogP contribution in [0.3, 0.4) is 0 Å². The summed E-state index contributed by atoms with van der Waals surface area (Å²) in [6.45, 7) is 0.553. The summed E-state index contributed by atoms with van der Waals surface area (Å²) in [5.74, 6) is 0.654. The molecule has 2 rings (SSSR count). The summed E-state index contributed by atoms with van der Waals surface area (Å²) in [6, 6.07) is 5.56. The normalized spacial score (nSPS) is 10.4. The van der Waals surface area contributed by atoms with Gasteiger partial charge in [-0.25, -0.2) is 4.68 Å². The topological polar surface area (TPSA) is 52.8 Å². The van der Waals surface area contributed by atoms with Crippen LogP contribution in [0.5, 0.6) is 5.75 Å². The Kier molecular flexibility index (Phi) is 3.40. The highest BCUT2D eigenvalue weighted by atomic mass is 79.9. The second kappa shape index (κ2) is 4.80. The minimum Gasteiger partial charge on any atom is -0.495 e. The highest BCUT2D eigenvalue weighted by Crippen LogP contribution is 2.25. The Morgan fingerprint density at radius 2 is 2.31 bits per heavy atom. The van der Waals surface area contributed by atoms with Crippen LogP contribution in [0.2, 0.25) is 5.02 Å². The average Bonchev–Trinajstić information content (AvgIpc) is 2.65. The van der Waals surface area contributed by atoms with E-state index in [4.69, 9.17) is 16.3 Å². The molecule has 0 aliphatic heterocycles. The molecule has 0 saturated carbocycles. The van der Waals surface area contributed by atoms with Crippen molar-refractivity contribution in [2.24, 2.45) is 0 Å². The molecule has 16 heavy (non-hydrogen) atoms. The summed E-state index contributed by atoms with van der Waals surface area (Å²) in [5.41, 5.74) is 0.999. The quantitative estimate of drug-likeness (QED) is 0.872. The van der Waals surface area contributed by atoms with Gasteiger partial charge in [0.15, 0.2) is 0 Å². The zero-order valence-corrected chi connectivity index (χ0v) is 10.7. The first-order chi connectivity index (χ1) is 7.70.